The minimum absolute atomic E-state index is 0.0869. The number of aromatic amines is 1. The number of nitrogens with zero attached hydrogens (tertiary/aromatic N) is 1. The van der Waals surface area contributed by atoms with Gasteiger partial charge in [0.2, 0.25) is 11.1 Å². The Morgan fingerprint density at radius 1 is 0.688 bits per heavy atom. The van der Waals surface area contributed by atoms with E-state index < -0.39 is 23.5 Å². The van der Waals surface area contributed by atoms with Gasteiger partial charge in [0.05, 0.1) is 54.3 Å². The van der Waals surface area contributed by atoms with Crippen molar-refractivity contribution in [3.63, 3.8) is 0 Å². The van der Waals surface area contributed by atoms with Crippen molar-refractivity contribution in [2.75, 3.05) is 21.3 Å². The van der Waals surface area contributed by atoms with Crippen molar-refractivity contribution in [3.8, 4) is 34.1 Å². The van der Waals surface area contributed by atoms with Crippen molar-refractivity contribution in [3.05, 3.63) is 124 Å². The molecule has 0 spiro atoms. The minimum atomic E-state index is -5.03. The van der Waals surface area contributed by atoms with Crippen LogP contribution < -0.4 is 24.8 Å². The van der Waals surface area contributed by atoms with Crippen LogP contribution in [0.5, 0.6) is 11.5 Å². The highest BCUT2D eigenvalue weighted by atomic mass is 19.4. The topological polar surface area (TPSA) is 63.5 Å². The quantitative estimate of drug-likeness (QED) is 0.145. The highest BCUT2D eigenvalue weighted by Gasteiger charge is 2.38. The SMILES string of the molecule is COc1ccc(-c2cc3c(o2)=C/C(=C(\c2cc(C(F)(F)F)cc(C(F)(F)F)c2)c2cc4oc(-c5ccc(OC)cc5)cc4[nH]2)[N+]=3C)cc1. The van der Waals surface area contributed by atoms with Gasteiger partial charge >= 0.3 is 12.4 Å². The van der Waals surface area contributed by atoms with Crippen LogP contribution >= 0.6 is 0 Å². The Kier molecular flexibility index (Phi) is 7.26. The number of fused-ring (bicyclic) bond motifs is 2. The zero-order valence-corrected chi connectivity index (χ0v) is 25.5. The number of benzene rings is 3. The van der Waals surface area contributed by atoms with Gasteiger partial charge in [-0.2, -0.15) is 30.9 Å². The molecule has 0 aliphatic carbocycles. The van der Waals surface area contributed by atoms with E-state index in [0.717, 1.165) is 11.1 Å². The van der Waals surface area contributed by atoms with Crippen LogP contribution in [0.4, 0.5) is 26.3 Å². The lowest BCUT2D eigenvalue weighted by molar-refractivity contribution is -0.143. The molecular formula is C36H25F6N2O4+. The number of methoxy groups -OCH3 is 2. The first kappa shape index (κ1) is 31.0. The van der Waals surface area contributed by atoms with Crippen LogP contribution in [0.3, 0.4) is 0 Å². The summed E-state index contributed by atoms with van der Waals surface area (Å²) in [5, 5.41) is 0.577. The number of nitrogens with one attached hydrogen (secondary N) is 1. The second-order valence-electron chi connectivity index (χ2n) is 11.1. The van der Waals surface area contributed by atoms with Gasteiger partial charge in [-0.1, -0.05) is 0 Å². The van der Waals surface area contributed by atoms with Crippen molar-refractivity contribution in [2.24, 2.45) is 0 Å². The molecule has 0 unspecified atom stereocenters. The zero-order valence-electron chi connectivity index (χ0n) is 25.5. The van der Waals surface area contributed by atoms with Gasteiger partial charge in [0.1, 0.15) is 30.1 Å². The number of aromatic nitrogens is 1. The monoisotopic (exact) mass is 663 g/mol. The van der Waals surface area contributed by atoms with E-state index in [1.807, 2.05) is 12.1 Å². The lowest BCUT2D eigenvalue weighted by atomic mass is 9.95. The fourth-order valence-electron chi connectivity index (χ4n) is 5.74. The number of halogens is 6. The van der Waals surface area contributed by atoms with E-state index in [9.17, 15) is 26.3 Å². The summed E-state index contributed by atoms with van der Waals surface area (Å²) < 4.78 is 108. The molecule has 0 bridgehead atoms. The van der Waals surface area contributed by atoms with E-state index in [0.29, 0.717) is 62.7 Å². The van der Waals surface area contributed by atoms with Crippen LogP contribution in [0, 0.1) is 0 Å². The Balaban J connectivity index is 1.42. The van der Waals surface area contributed by atoms with E-state index in [4.69, 9.17) is 18.3 Å². The number of alkyl halides is 6. The number of rotatable bonds is 6. The molecule has 0 atom stereocenters. The standard InChI is InChI=1S/C36H24F6N2O4/c1-44-28-17-31(20-6-10-25(46-3)11-7-20)48-33(28)18-29(44)34(21-12-22(35(37,38)39)14-23(13-21)36(40,41)42)27-16-32-26(43-27)15-30(47-32)19-4-8-24(45-2)9-5-19/h4-18H,1-3H3/p+1. The molecule has 0 radical (unpaired) electrons. The van der Waals surface area contributed by atoms with Crippen LogP contribution in [0.1, 0.15) is 22.4 Å². The summed E-state index contributed by atoms with van der Waals surface area (Å²) in [6.45, 7) is 0. The van der Waals surface area contributed by atoms with Crippen molar-refractivity contribution in [1.82, 2.24) is 9.56 Å². The highest BCUT2D eigenvalue weighted by Crippen LogP contribution is 2.41. The summed E-state index contributed by atoms with van der Waals surface area (Å²) in [4.78, 5) is 3.16. The molecule has 1 aliphatic heterocycles. The fraction of sp³-hybridized carbons (Fsp3) is 0.139. The number of H-pyrrole nitrogens is 1. The average Bonchev–Trinajstić information content (AvgIpc) is 3.82. The zero-order chi connectivity index (χ0) is 34.0. The number of furan rings is 2. The van der Waals surface area contributed by atoms with Crippen LogP contribution in [0.15, 0.2) is 99.5 Å². The number of allylic oxidation sites excluding steroid dienone is 1. The maximum Gasteiger partial charge on any atom is 0.416 e. The van der Waals surface area contributed by atoms with Gasteiger partial charge in [0.15, 0.2) is 5.58 Å². The lowest BCUT2D eigenvalue weighted by Crippen LogP contribution is -2.27. The van der Waals surface area contributed by atoms with E-state index in [-0.39, 0.29) is 22.9 Å². The molecule has 3 aromatic heterocycles. The molecular weight excluding hydrogens is 638 g/mol. The Bertz CT molecular complexity index is 2280. The number of hydrogen-bond donors (Lipinski definition) is 1. The molecule has 48 heavy (non-hydrogen) atoms. The van der Waals surface area contributed by atoms with Crippen LogP contribution in [0.25, 0.3) is 45.4 Å². The summed E-state index contributed by atoms with van der Waals surface area (Å²) in [7, 11) is 4.76. The predicted octanol–water partition coefficient (Wildman–Crippen LogP) is 8.12. The first-order valence-electron chi connectivity index (χ1n) is 14.5. The molecule has 6 nitrogen and oxygen atoms in total. The first-order valence-corrected chi connectivity index (χ1v) is 14.5. The Labute approximate surface area is 268 Å². The maximum atomic E-state index is 14.0. The summed E-state index contributed by atoms with van der Waals surface area (Å²) in [6, 6.07) is 20.9. The van der Waals surface area contributed by atoms with Gasteiger partial charge in [-0.15, -0.1) is 0 Å². The Morgan fingerprint density at radius 3 is 1.71 bits per heavy atom. The van der Waals surface area contributed by atoms with Gasteiger partial charge in [-0.05, 0) is 72.3 Å². The fourth-order valence-corrected chi connectivity index (χ4v) is 5.74. The third-order valence-electron chi connectivity index (χ3n) is 8.19. The van der Waals surface area contributed by atoms with Crippen LogP contribution in [0.2, 0.25) is 0 Å². The van der Waals surface area contributed by atoms with Gasteiger partial charge in [0.25, 0.3) is 5.36 Å². The molecule has 0 saturated carbocycles. The van der Waals surface area contributed by atoms with Crippen LogP contribution in [-0.2, 0) is 12.4 Å². The van der Waals surface area contributed by atoms with E-state index in [1.165, 1.54) is 0 Å². The molecule has 1 aliphatic rings. The van der Waals surface area contributed by atoms with Crippen molar-refractivity contribution in [1.29, 1.82) is 0 Å². The largest absolute Gasteiger partial charge is 0.497 e. The van der Waals surface area contributed by atoms with E-state index in [2.05, 4.69) is 4.98 Å². The third-order valence-corrected chi connectivity index (χ3v) is 8.19. The summed E-state index contributed by atoms with van der Waals surface area (Å²) in [6.07, 6.45) is -8.48. The molecule has 4 heterocycles. The molecule has 1 N–H and O–H groups in total. The molecule has 0 fully saturated rings. The highest BCUT2D eigenvalue weighted by molar-refractivity contribution is 5.92. The molecule has 244 valence electrons. The van der Waals surface area contributed by atoms with Gasteiger partial charge in [-0.3, -0.25) is 0 Å². The first-order chi connectivity index (χ1) is 22.8. The van der Waals surface area contributed by atoms with E-state index >= 15 is 0 Å². The summed E-state index contributed by atoms with van der Waals surface area (Å²) in [5.74, 6) is 2.34. The van der Waals surface area contributed by atoms with Crippen molar-refractivity contribution >= 4 is 22.7 Å². The second-order valence-corrected chi connectivity index (χ2v) is 11.1. The van der Waals surface area contributed by atoms with Gasteiger partial charge in [-0.25, -0.2) is 0 Å². The molecule has 3 aromatic carbocycles. The summed E-state index contributed by atoms with van der Waals surface area (Å²) in [5.41, 5.74) is 0.231. The molecule has 12 heteroatoms. The van der Waals surface area contributed by atoms with Crippen molar-refractivity contribution in [2.45, 2.75) is 12.4 Å². The molecule has 6 aromatic rings. The van der Waals surface area contributed by atoms with Crippen LogP contribution in [-0.4, -0.2) is 26.3 Å². The Hall–Kier alpha value is -5.65. The Morgan fingerprint density at radius 2 is 1.23 bits per heavy atom. The average molecular weight is 664 g/mol. The number of hydrogen-bond acceptors (Lipinski definition) is 4. The second kappa shape index (κ2) is 11.3. The maximum absolute atomic E-state index is 14.0. The van der Waals surface area contributed by atoms with Gasteiger partial charge < -0.3 is 23.3 Å². The van der Waals surface area contributed by atoms with Crippen molar-refractivity contribution < 1.29 is 44.7 Å². The summed E-state index contributed by atoms with van der Waals surface area (Å²) >= 11 is 0. The lowest BCUT2D eigenvalue weighted by Gasteiger charge is -2.16. The normalized spacial score (nSPS) is 14.3. The van der Waals surface area contributed by atoms with E-state index in [1.54, 1.807) is 86.5 Å². The van der Waals surface area contributed by atoms with Gasteiger partial charge in [0, 0.05) is 23.3 Å². The predicted molar refractivity (Wildman–Crippen MR) is 167 cm³/mol. The molecule has 7 rings (SSSR count). The number of ether oxygens (including phenoxy) is 2. The third kappa shape index (κ3) is 5.52. The minimum Gasteiger partial charge on any atom is -0.497 e. The molecule has 0 amide bonds. The smallest absolute Gasteiger partial charge is 0.416 e. The molecule has 0 saturated heterocycles.